The molecule has 1 atom stereocenters. The first-order chi connectivity index (χ1) is 15.7. The maximum atomic E-state index is 13.2. The number of nitrogens with zero attached hydrogens (tertiary/aromatic N) is 5. The summed E-state index contributed by atoms with van der Waals surface area (Å²) < 4.78 is 3.02. The van der Waals surface area contributed by atoms with E-state index in [1.165, 1.54) is 10.5 Å². The predicted molar refractivity (Wildman–Crippen MR) is 123 cm³/mol. The third-order valence-electron chi connectivity index (χ3n) is 5.55. The zero-order valence-electron chi connectivity index (χ0n) is 18.6. The van der Waals surface area contributed by atoms with Crippen LogP contribution in [0.5, 0.6) is 0 Å². The number of carboxylic acids is 1. The van der Waals surface area contributed by atoms with Crippen molar-refractivity contribution in [1.29, 1.82) is 5.26 Å². The molecular weight excluding hydrogens is 420 g/mol. The van der Waals surface area contributed by atoms with E-state index in [9.17, 15) is 20.0 Å². The van der Waals surface area contributed by atoms with E-state index in [-0.39, 0.29) is 16.8 Å². The first kappa shape index (κ1) is 21.8. The molecule has 2 N–H and O–H groups in total. The number of hydrogen-bond donors (Lipinski definition) is 2. The fourth-order valence-electron chi connectivity index (χ4n) is 3.80. The lowest BCUT2D eigenvalue weighted by atomic mass is 10.1. The SMILES string of the molecule is Cc1cc([C@@H](C)Nc2ccccc2C(=O)O)c2nc(-c3cc(C)n(C)n3)c(C#N)c(=O)n2c1. The monoisotopic (exact) mass is 442 g/mol. The zero-order valence-corrected chi connectivity index (χ0v) is 18.6. The molecule has 166 valence electrons. The van der Waals surface area contributed by atoms with Gasteiger partial charge >= 0.3 is 5.97 Å². The summed E-state index contributed by atoms with van der Waals surface area (Å²) in [5, 5.41) is 26.9. The van der Waals surface area contributed by atoms with Crippen molar-refractivity contribution in [3.05, 3.63) is 80.9 Å². The molecule has 0 aliphatic rings. The molecule has 0 radical (unpaired) electrons. The molecule has 0 unspecified atom stereocenters. The van der Waals surface area contributed by atoms with Gasteiger partial charge in [-0.15, -0.1) is 0 Å². The van der Waals surface area contributed by atoms with Gasteiger partial charge in [-0.1, -0.05) is 12.1 Å². The number of rotatable bonds is 5. The molecule has 0 saturated carbocycles. The number of para-hydroxylation sites is 1. The second-order valence-corrected chi connectivity index (χ2v) is 7.93. The number of pyridine rings is 1. The summed E-state index contributed by atoms with van der Waals surface area (Å²) in [5.41, 5.74) is 3.40. The van der Waals surface area contributed by atoms with Crippen LogP contribution in [0.4, 0.5) is 5.69 Å². The fourth-order valence-corrected chi connectivity index (χ4v) is 3.80. The number of carboxylic acid groups (broad SMARTS) is 1. The predicted octanol–water partition coefficient (Wildman–Crippen LogP) is 3.45. The molecule has 4 rings (SSSR count). The van der Waals surface area contributed by atoms with Crippen LogP contribution in [0.1, 0.15) is 45.7 Å². The van der Waals surface area contributed by atoms with Crippen LogP contribution in [-0.4, -0.2) is 30.2 Å². The van der Waals surface area contributed by atoms with Crippen molar-refractivity contribution in [2.75, 3.05) is 5.32 Å². The van der Waals surface area contributed by atoms with Gasteiger partial charge in [0, 0.05) is 30.2 Å². The summed E-state index contributed by atoms with van der Waals surface area (Å²) in [6.45, 7) is 5.58. The van der Waals surface area contributed by atoms with Gasteiger partial charge in [0.2, 0.25) is 0 Å². The van der Waals surface area contributed by atoms with E-state index in [1.807, 2.05) is 32.9 Å². The molecule has 0 spiro atoms. The molecule has 0 aliphatic carbocycles. The number of carbonyl (C=O) groups is 1. The average molecular weight is 442 g/mol. The highest BCUT2D eigenvalue weighted by atomic mass is 16.4. The van der Waals surface area contributed by atoms with Crippen LogP contribution in [-0.2, 0) is 7.05 Å². The van der Waals surface area contributed by atoms with Gasteiger partial charge in [-0.3, -0.25) is 13.9 Å². The minimum atomic E-state index is -1.04. The molecule has 0 amide bonds. The van der Waals surface area contributed by atoms with Crippen LogP contribution in [0, 0.1) is 25.2 Å². The van der Waals surface area contributed by atoms with E-state index in [1.54, 1.807) is 42.2 Å². The van der Waals surface area contributed by atoms with E-state index in [0.29, 0.717) is 22.6 Å². The summed E-state index contributed by atoms with van der Waals surface area (Å²) in [5.74, 6) is -1.04. The van der Waals surface area contributed by atoms with Crippen molar-refractivity contribution in [3.63, 3.8) is 0 Å². The molecule has 0 aliphatic heterocycles. The highest BCUT2D eigenvalue weighted by Crippen LogP contribution is 2.27. The Balaban J connectivity index is 1.93. The number of aromatic nitrogens is 4. The normalized spacial score (nSPS) is 11.8. The van der Waals surface area contributed by atoms with Crippen LogP contribution in [0.2, 0.25) is 0 Å². The summed E-state index contributed by atoms with van der Waals surface area (Å²) in [4.78, 5) is 29.6. The Labute approximate surface area is 189 Å². The van der Waals surface area contributed by atoms with Crippen LogP contribution in [0.25, 0.3) is 17.0 Å². The van der Waals surface area contributed by atoms with Gasteiger partial charge in [0.1, 0.15) is 28.7 Å². The van der Waals surface area contributed by atoms with Crippen molar-refractivity contribution in [3.8, 4) is 17.5 Å². The van der Waals surface area contributed by atoms with E-state index >= 15 is 0 Å². The minimum absolute atomic E-state index is 0.0843. The Morgan fingerprint density at radius 1 is 1.24 bits per heavy atom. The standard InChI is InChI=1S/C24H22N6O3/c1-13-9-17(15(3)26-19-8-6-5-7-16(19)24(32)33)22-27-21(20-10-14(2)29(4)28-20)18(11-25)23(31)30(22)12-13/h5-10,12,15,26H,1-4H3,(H,32,33)/t15-/m1/s1. The molecule has 0 fully saturated rings. The molecule has 4 aromatic rings. The summed E-state index contributed by atoms with van der Waals surface area (Å²) in [6.07, 6.45) is 1.64. The van der Waals surface area contributed by atoms with Crippen LogP contribution in [0.3, 0.4) is 0 Å². The lowest BCUT2D eigenvalue weighted by Gasteiger charge is -2.20. The summed E-state index contributed by atoms with van der Waals surface area (Å²) in [6, 6.07) is 11.9. The molecule has 33 heavy (non-hydrogen) atoms. The maximum Gasteiger partial charge on any atom is 0.337 e. The van der Waals surface area contributed by atoms with Gasteiger partial charge in [-0.05, 0) is 50.6 Å². The van der Waals surface area contributed by atoms with Crippen LogP contribution in [0.15, 0.2) is 47.4 Å². The van der Waals surface area contributed by atoms with Gasteiger partial charge in [0.15, 0.2) is 0 Å². The number of benzene rings is 1. The topological polar surface area (TPSA) is 125 Å². The van der Waals surface area contributed by atoms with Crippen LogP contribution < -0.4 is 10.9 Å². The molecular formula is C24H22N6O3. The molecule has 3 aromatic heterocycles. The van der Waals surface area contributed by atoms with Gasteiger partial charge in [-0.2, -0.15) is 10.4 Å². The van der Waals surface area contributed by atoms with Crippen LogP contribution >= 0.6 is 0 Å². The van der Waals surface area contributed by atoms with Gasteiger partial charge in [-0.25, -0.2) is 9.78 Å². The number of aryl methyl sites for hydroxylation is 3. The second-order valence-electron chi connectivity index (χ2n) is 7.93. The Kier molecular flexibility index (Phi) is 5.44. The Morgan fingerprint density at radius 3 is 2.61 bits per heavy atom. The zero-order chi connectivity index (χ0) is 23.9. The van der Waals surface area contributed by atoms with Gasteiger partial charge in [0.25, 0.3) is 5.56 Å². The first-order valence-corrected chi connectivity index (χ1v) is 10.3. The Bertz CT molecular complexity index is 1490. The van der Waals surface area contributed by atoms with Gasteiger partial charge in [0.05, 0.1) is 11.6 Å². The van der Waals surface area contributed by atoms with Crippen molar-refractivity contribution < 1.29 is 9.90 Å². The Morgan fingerprint density at radius 2 is 1.97 bits per heavy atom. The third-order valence-corrected chi connectivity index (χ3v) is 5.55. The third kappa shape index (κ3) is 3.83. The number of nitrogens with one attached hydrogen (secondary N) is 1. The number of hydrogen-bond acceptors (Lipinski definition) is 6. The number of fused-ring (bicyclic) bond motifs is 1. The smallest absolute Gasteiger partial charge is 0.337 e. The number of anilines is 1. The quantitative estimate of drug-likeness (QED) is 0.485. The summed E-state index contributed by atoms with van der Waals surface area (Å²) >= 11 is 0. The molecule has 0 saturated heterocycles. The molecule has 3 heterocycles. The van der Waals surface area contributed by atoms with E-state index in [2.05, 4.69) is 10.4 Å². The van der Waals surface area contributed by atoms with Crippen molar-refractivity contribution >= 4 is 17.3 Å². The van der Waals surface area contributed by atoms with E-state index in [0.717, 1.165) is 11.3 Å². The van der Waals surface area contributed by atoms with Crippen molar-refractivity contribution in [2.24, 2.45) is 7.05 Å². The highest BCUT2D eigenvalue weighted by Gasteiger charge is 2.21. The number of aromatic carboxylic acids is 1. The fraction of sp³-hybridized carbons (Fsp3) is 0.208. The Hall–Kier alpha value is -4.45. The van der Waals surface area contributed by atoms with Crippen molar-refractivity contribution in [2.45, 2.75) is 26.8 Å². The highest BCUT2D eigenvalue weighted by molar-refractivity contribution is 5.94. The van der Waals surface area contributed by atoms with E-state index < -0.39 is 17.6 Å². The minimum Gasteiger partial charge on any atom is -0.478 e. The van der Waals surface area contributed by atoms with E-state index in [4.69, 9.17) is 4.98 Å². The average Bonchev–Trinajstić information content (AvgIpc) is 3.11. The maximum absolute atomic E-state index is 13.2. The second kappa shape index (κ2) is 8.24. The molecule has 0 bridgehead atoms. The van der Waals surface area contributed by atoms with Crippen molar-refractivity contribution in [1.82, 2.24) is 19.2 Å². The summed E-state index contributed by atoms with van der Waals surface area (Å²) in [7, 11) is 1.78. The lowest BCUT2D eigenvalue weighted by molar-refractivity contribution is 0.0698. The molecule has 9 nitrogen and oxygen atoms in total. The largest absolute Gasteiger partial charge is 0.478 e. The molecule has 9 heteroatoms. The lowest BCUT2D eigenvalue weighted by Crippen LogP contribution is -2.22. The molecule has 1 aromatic carbocycles. The number of nitriles is 1. The first-order valence-electron chi connectivity index (χ1n) is 10.3. The van der Waals surface area contributed by atoms with Gasteiger partial charge < -0.3 is 10.4 Å².